The topological polar surface area (TPSA) is 20.2 Å². The van der Waals surface area contributed by atoms with E-state index in [9.17, 15) is 0 Å². The molecular weight excluding hydrogens is 168 g/mol. The molecule has 0 radical (unpaired) electrons. The van der Waals surface area contributed by atoms with Crippen molar-refractivity contribution >= 4 is 11.8 Å². The molecule has 1 aliphatic heterocycles. The van der Waals surface area contributed by atoms with E-state index in [0.717, 1.165) is 17.6 Å². The molecule has 2 heteroatoms. The molecule has 0 saturated carbocycles. The Kier molecular flexibility index (Phi) is 3.47. The molecule has 1 rings (SSSR count). The Morgan fingerprint density at radius 1 is 1.58 bits per heavy atom. The Morgan fingerprint density at radius 2 is 2.25 bits per heavy atom. The second-order valence-corrected chi connectivity index (χ2v) is 6.19. The van der Waals surface area contributed by atoms with E-state index in [1.165, 1.54) is 12.8 Å². The van der Waals surface area contributed by atoms with Crippen molar-refractivity contribution in [3.05, 3.63) is 0 Å². The largest absolute Gasteiger partial charge is 0.396 e. The van der Waals surface area contributed by atoms with E-state index in [1.807, 2.05) is 0 Å². The number of hydrogen-bond donors (Lipinski definition) is 1. The van der Waals surface area contributed by atoms with Crippen molar-refractivity contribution in [1.29, 1.82) is 0 Å². The van der Waals surface area contributed by atoms with Gasteiger partial charge in [0.2, 0.25) is 0 Å². The predicted octanol–water partition coefficient (Wildman–Crippen LogP) is 2.68. The number of aliphatic hydroxyl groups is 1. The third kappa shape index (κ3) is 2.40. The monoisotopic (exact) mass is 188 g/mol. The van der Waals surface area contributed by atoms with Gasteiger partial charge in [-0.25, -0.2) is 0 Å². The zero-order valence-corrected chi connectivity index (χ0v) is 9.16. The predicted molar refractivity (Wildman–Crippen MR) is 55.6 cm³/mol. The van der Waals surface area contributed by atoms with E-state index < -0.39 is 0 Å². The van der Waals surface area contributed by atoms with Crippen molar-refractivity contribution in [1.82, 2.24) is 0 Å². The summed E-state index contributed by atoms with van der Waals surface area (Å²) in [4.78, 5) is 0. The maximum absolute atomic E-state index is 8.90. The summed E-state index contributed by atoms with van der Waals surface area (Å²) in [5.41, 5.74) is 0. The Morgan fingerprint density at radius 3 is 2.67 bits per heavy atom. The quantitative estimate of drug-likeness (QED) is 0.735. The first-order valence-electron chi connectivity index (χ1n) is 4.86. The third-order valence-electron chi connectivity index (χ3n) is 2.78. The first kappa shape index (κ1) is 10.4. The van der Waals surface area contributed by atoms with E-state index in [0.29, 0.717) is 11.4 Å². The van der Waals surface area contributed by atoms with Crippen molar-refractivity contribution in [2.24, 2.45) is 5.92 Å². The van der Waals surface area contributed by atoms with E-state index in [2.05, 4.69) is 32.5 Å². The number of hydrogen-bond acceptors (Lipinski definition) is 2. The summed E-state index contributed by atoms with van der Waals surface area (Å²) in [6, 6.07) is 0. The Labute approximate surface area is 79.9 Å². The van der Waals surface area contributed by atoms with Gasteiger partial charge < -0.3 is 5.11 Å². The van der Waals surface area contributed by atoms with Crippen molar-refractivity contribution in [3.63, 3.8) is 0 Å². The van der Waals surface area contributed by atoms with Gasteiger partial charge in [0.05, 0.1) is 0 Å². The molecule has 0 aromatic heterocycles. The highest BCUT2D eigenvalue weighted by Crippen LogP contribution is 2.47. The van der Waals surface area contributed by atoms with Gasteiger partial charge in [-0.05, 0) is 25.2 Å². The average molecular weight is 188 g/mol. The number of thioether (sulfide) groups is 1. The summed E-state index contributed by atoms with van der Waals surface area (Å²) in [5.74, 6) is 0.788. The summed E-state index contributed by atoms with van der Waals surface area (Å²) in [7, 11) is 0. The third-order valence-corrected chi connectivity index (χ3v) is 4.84. The summed E-state index contributed by atoms with van der Waals surface area (Å²) >= 11 is 2.09. The Hall–Kier alpha value is 0.310. The van der Waals surface area contributed by atoms with Gasteiger partial charge in [-0.15, -0.1) is 0 Å². The number of rotatable bonds is 3. The molecule has 0 aromatic rings. The van der Waals surface area contributed by atoms with Gasteiger partial charge in [0, 0.05) is 16.6 Å². The lowest BCUT2D eigenvalue weighted by molar-refractivity contribution is 0.270. The molecule has 2 unspecified atom stereocenters. The van der Waals surface area contributed by atoms with Gasteiger partial charge in [-0.1, -0.05) is 20.8 Å². The minimum Gasteiger partial charge on any atom is -0.396 e. The fourth-order valence-corrected chi connectivity index (χ4v) is 3.50. The Bertz CT molecular complexity index is 147. The first-order valence-corrected chi connectivity index (χ1v) is 5.74. The minimum atomic E-state index is 0.342. The standard InChI is InChI=1S/C10H20OS/c1-8(2)9-4-5-10(3,12-9)6-7-11/h8-9,11H,4-7H2,1-3H3. The van der Waals surface area contributed by atoms with Gasteiger partial charge in [-0.3, -0.25) is 0 Å². The normalized spacial score (nSPS) is 36.2. The lowest BCUT2D eigenvalue weighted by Crippen LogP contribution is -2.18. The molecule has 0 bridgehead atoms. The smallest absolute Gasteiger partial charge is 0.0444 e. The minimum absolute atomic E-state index is 0.342. The maximum Gasteiger partial charge on any atom is 0.0444 e. The average Bonchev–Trinajstić information content (AvgIpc) is 2.33. The lowest BCUT2D eigenvalue weighted by Gasteiger charge is -2.23. The van der Waals surface area contributed by atoms with Gasteiger partial charge >= 0.3 is 0 Å². The van der Waals surface area contributed by atoms with Crippen molar-refractivity contribution in [2.75, 3.05) is 6.61 Å². The summed E-state index contributed by atoms with van der Waals surface area (Å²) in [6.45, 7) is 7.22. The first-order chi connectivity index (χ1) is 5.57. The van der Waals surface area contributed by atoms with Crippen molar-refractivity contribution in [3.8, 4) is 0 Å². The molecule has 1 fully saturated rings. The van der Waals surface area contributed by atoms with E-state index >= 15 is 0 Å². The van der Waals surface area contributed by atoms with Crippen LogP contribution in [0.4, 0.5) is 0 Å². The van der Waals surface area contributed by atoms with Crippen LogP contribution < -0.4 is 0 Å². The van der Waals surface area contributed by atoms with E-state index in [-0.39, 0.29) is 0 Å². The zero-order chi connectivity index (χ0) is 9.19. The molecule has 1 aliphatic rings. The zero-order valence-electron chi connectivity index (χ0n) is 8.34. The molecule has 2 atom stereocenters. The molecule has 0 aromatic carbocycles. The van der Waals surface area contributed by atoms with Crippen LogP contribution >= 0.6 is 11.8 Å². The van der Waals surface area contributed by atoms with E-state index in [1.54, 1.807) is 0 Å². The molecule has 1 saturated heterocycles. The van der Waals surface area contributed by atoms with Crippen molar-refractivity contribution in [2.45, 2.75) is 50.0 Å². The fourth-order valence-electron chi connectivity index (χ4n) is 1.82. The summed E-state index contributed by atoms with van der Waals surface area (Å²) in [6.07, 6.45) is 3.57. The van der Waals surface area contributed by atoms with E-state index in [4.69, 9.17) is 5.11 Å². The second kappa shape index (κ2) is 4.01. The molecule has 72 valence electrons. The van der Waals surface area contributed by atoms with Gasteiger partial charge in [0.25, 0.3) is 0 Å². The molecule has 0 aliphatic carbocycles. The fraction of sp³-hybridized carbons (Fsp3) is 1.00. The molecule has 1 nitrogen and oxygen atoms in total. The van der Waals surface area contributed by atoms with Crippen LogP contribution in [-0.4, -0.2) is 21.7 Å². The highest BCUT2D eigenvalue weighted by atomic mass is 32.2. The van der Waals surface area contributed by atoms with Crippen LogP contribution in [0.25, 0.3) is 0 Å². The molecule has 0 spiro atoms. The maximum atomic E-state index is 8.90. The lowest BCUT2D eigenvalue weighted by atomic mass is 9.98. The van der Waals surface area contributed by atoms with Crippen LogP contribution in [-0.2, 0) is 0 Å². The molecule has 0 amide bonds. The SMILES string of the molecule is CC(C)C1CCC(C)(CCO)S1. The highest BCUT2D eigenvalue weighted by Gasteiger charge is 2.36. The Balaban J connectivity index is 2.43. The van der Waals surface area contributed by atoms with Gasteiger partial charge in [0.1, 0.15) is 0 Å². The van der Waals surface area contributed by atoms with Crippen LogP contribution in [0.2, 0.25) is 0 Å². The van der Waals surface area contributed by atoms with Crippen LogP contribution in [0, 0.1) is 5.92 Å². The van der Waals surface area contributed by atoms with Gasteiger partial charge in [0.15, 0.2) is 0 Å². The van der Waals surface area contributed by atoms with Crippen LogP contribution in [0.1, 0.15) is 40.0 Å². The molecule has 1 heterocycles. The van der Waals surface area contributed by atoms with Crippen LogP contribution in [0.5, 0.6) is 0 Å². The highest BCUT2D eigenvalue weighted by molar-refractivity contribution is 8.01. The summed E-state index contributed by atoms with van der Waals surface area (Å²) in [5, 5.41) is 9.72. The molecule has 12 heavy (non-hydrogen) atoms. The summed E-state index contributed by atoms with van der Waals surface area (Å²) < 4.78 is 0.365. The van der Waals surface area contributed by atoms with Crippen molar-refractivity contribution < 1.29 is 5.11 Å². The second-order valence-electron chi connectivity index (χ2n) is 4.36. The molecular formula is C10H20OS. The van der Waals surface area contributed by atoms with Gasteiger partial charge in [-0.2, -0.15) is 11.8 Å². The molecule has 1 N–H and O–H groups in total. The number of aliphatic hydroxyl groups excluding tert-OH is 1. The van der Waals surface area contributed by atoms with Crippen LogP contribution in [0.3, 0.4) is 0 Å². The van der Waals surface area contributed by atoms with Crippen LogP contribution in [0.15, 0.2) is 0 Å².